The molecule has 0 aromatic heterocycles. The number of hydrogen-bond donors (Lipinski definition) is 1. The Kier molecular flexibility index (Phi) is 6.97. The molecule has 1 heterocycles. The minimum Gasteiger partial charge on any atom is -0.395 e. The van der Waals surface area contributed by atoms with Crippen LogP contribution in [0.3, 0.4) is 0 Å². The molecule has 0 aromatic rings. The largest absolute Gasteiger partial charge is 0.395 e. The summed E-state index contributed by atoms with van der Waals surface area (Å²) >= 11 is 0. The molecule has 0 spiro atoms. The maximum absolute atomic E-state index is 12.3. The number of aliphatic hydroxyl groups excluding tert-OH is 1. The zero-order valence-electron chi connectivity index (χ0n) is 13.6. The Morgan fingerprint density at radius 3 is 2.38 bits per heavy atom. The molecule has 2 rings (SSSR count). The third-order valence-corrected chi connectivity index (χ3v) is 5.36. The van der Waals surface area contributed by atoms with E-state index in [9.17, 15) is 9.90 Å². The monoisotopic (exact) mass is 296 g/mol. The van der Waals surface area contributed by atoms with E-state index in [0.29, 0.717) is 5.91 Å². The van der Waals surface area contributed by atoms with E-state index in [1.54, 1.807) is 0 Å². The van der Waals surface area contributed by atoms with Crippen LogP contribution in [0, 0.1) is 5.92 Å². The van der Waals surface area contributed by atoms with Gasteiger partial charge in [0.2, 0.25) is 5.91 Å². The maximum atomic E-state index is 12.3. The van der Waals surface area contributed by atoms with Gasteiger partial charge in [0.25, 0.3) is 0 Å². The van der Waals surface area contributed by atoms with E-state index in [1.165, 1.54) is 32.1 Å². The summed E-state index contributed by atoms with van der Waals surface area (Å²) in [7, 11) is 0. The highest BCUT2D eigenvalue weighted by molar-refractivity contribution is 5.76. The van der Waals surface area contributed by atoms with E-state index >= 15 is 0 Å². The number of amides is 1. The molecular formula is C17H32N2O2. The van der Waals surface area contributed by atoms with Crippen LogP contribution in [0.2, 0.25) is 0 Å². The van der Waals surface area contributed by atoms with Crippen LogP contribution >= 0.6 is 0 Å². The number of piperazine rings is 1. The Balaban J connectivity index is 1.67. The molecule has 0 radical (unpaired) electrons. The first kappa shape index (κ1) is 16.8. The van der Waals surface area contributed by atoms with Crippen LogP contribution in [-0.4, -0.2) is 59.6 Å². The van der Waals surface area contributed by atoms with E-state index in [2.05, 4.69) is 11.8 Å². The minimum atomic E-state index is 0.228. The first-order chi connectivity index (χ1) is 10.2. The molecule has 1 atom stereocenters. The first-order valence-electron chi connectivity index (χ1n) is 8.87. The number of nitrogens with zero attached hydrogens (tertiary/aromatic N) is 2. The molecule has 2 aliphatic rings. The highest BCUT2D eigenvalue weighted by atomic mass is 16.3. The van der Waals surface area contributed by atoms with Gasteiger partial charge in [-0.05, 0) is 18.8 Å². The molecule has 122 valence electrons. The van der Waals surface area contributed by atoms with Crippen LogP contribution < -0.4 is 0 Å². The second-order valence-corrected chi connectivity index (χ2v) is 6.70. The Morgan fingerprint density at radius 1 is 1.14 bits per heavy atom. The second kappa shape index (κ2) is 8.74. The van der Waals surface area contributed by atoms with Gasteiger partial charge in [-0.15, -0.1) is 0 Å². The van der Waals surface area contributed by atoms with Gasteiger partial charge in [-0.3, -0.25) is 9.69 Å². The normalized spacial score (nSPS) is 23.2. The molecule has 0 bridgehead atoms. The van der Waals surface area contributed by atoms with Crippen molar-refractivity contribution in [2.45, 2.75) is 64.3 Å². The van der Waals surface area contributed by atoms with E-state index < -0.39 is 0 Å². The van der Waals surface area contributed by atoms with Crippen molar-refractivity contribution in [1.29, 1.82) is 0 Å². The molecule has 1 aliphatic heterocycles. The maximum Gasteiger partial charge on any atom is 0.222 e. The average molecular weight is 296 g/mol. The van der Waals surface area contributed by atoms with E-state index in [4.69, 9.17) is 0 Å². The van der Waals surface area contributed by atoms with Crippen LogP contribution in [0.1, 0.15) is 58.3 Å². The van der Waals surface area contributed by atoms with Gasteiger partial charge in [-0.25, -0.2) is 0 Å². The summed E-state index contributed by atoms with van der Waals surface area (Å²) in [6.45, 7) is 5.83. The Labute approximate surface area is 129 Å². The van der Waals surface area contributed by atoms with Gasteiger partial charge in [-0.2, -0.15) is 0 Å². The van der Waals surface area contributed by atoms with Crippen LogP contribution in [0.15, 0.2) is 0 Å². The molecule has 0 aromatic carbocycles. The molecule has 1 N–H and O–H groups in total. The van der Waals surface area contributed by atoms with Crippen molar-refractivity contribution in [1.82, 2.24) is 9.80 Å². The summed E-state index contributed by atoms with van der Waals surface area (Å²) in [5.41, 5.74) is 0. The SMILES string of the molecule is CCC(CO)N1CCN(C(=O)CCC2CCCCC2)CC1. The summed E-state index contributed by atoms with van der Waals surface area (Å²) < 4.78 is 0. The fourth-order valence-electron chi connectivity index (χ4n) is 3.80. The predicted octanol–water partition coefficient (Wildman–Crippen LogP) is 2.26. The van der Waals surface area contributed by atoms with Crippen LogP contribution in [0.4, 0.5) is 0 Å². The molecule has 1 unspecified atom stereocenters. The number of hydrogen-bond acceptors (Lipinski definition) is 3. The predicted molar refractivity (Wildman–Crippen MR) is 85.1 cm³/mol. The standard InChI is InChI=1S/C17H32N2O2/c1-2-16(14-20)18-10-12-19(13-11-18)17(21)9-8-15-6-4-3-5-7-15/h15-16,20H,2-14H2,1H3. The molecule has 1 saturated carbocycles. The molecule has 1 aliphatic carbocycles. The third kappa shape index (κ3) is 4.96. The lowest BCUT2D eigenvalue weighted by Gasteiger charge is -2.38. The van der Waals surface area contributed by atoms with Crippen LogP contribution in [0.5, 0.6) is 0 Å². The van der Waals surface area contributed by atoms with E-state index in [0.717, 1.165) is 51.4 Å². The van der Waals surface area contributed by atoms with Crippen molar-refractivity contribution in [2.75, 3.05) is 32.8 Å². The van der Waals surface area contributed by atoms with Crippen molar-refractivity contribution in [3.8, 4) is 0 Å². The Morgan fingerprint density at radius 2 is 1.81 bits per heavy atom. The second-order valence-electron chi connectivity index (χ2n) is 6.70. The minimum absolute atomic E-state index is 0.228. The molecule has 1 saturated heterocycles. The van der Waals surface area contributed by atoms with Gasteiger partial charge in [0, 0.05) is 38.6 Å². The highest BCUT2D eigenvalue weighted by Gasteiger charge is 2.25. The smallest absolute Gasteiger partial charge is 0.222 e. The van der Waals surface area contributed by atoms with Crippen molar-refractivity contribution in [2.24, 2.45) is 5.92 Å². The van der Waals surface area contributed by atoms with Crippen molar-refractivity contribution < 1.29 is 9.90 Å². The zero-order valence-corrected chi connectivity index (χ0v) is 13.6. The van der Waals surface area contributed by atoms with Crippen molar-refractivity contribution in [3.05, 3.63) is 0 Å². The molecule has 2 fully saturated rings. The number of carbonyl (C=O) groups excluding carboxylic acids is 1. The lowest BCUT2D eigenvalue weighted by Crippen LogP contribution is -2.52. The van der Waals surface area contributed by atoms with Gasteiger partial charge >= 0.3 is 0 Å². The van der Waals surface area contributed by atoms with Crippen molar-refractivity contribution in [3.63, 3.8) is 0 Å². The first-order valence-corrected chi connectivity index (χ1v) is 8.87. The molecule has 4 nitrogen and oxygen atoms in total. The fourth-order valence-corrected chi connectivity index (χ4v) is 3.80. The fraction of sp³-hybridized carbons (Fsp3) is 0.941. The summed E-state index contributed by atoms with van der Waals surface area (Å²) in [5.74, 6) is 1.14. The molecule has 4 heteroatoms. The lowest BCUT2D eigenvalue weighted by atomic mass is 9.86. The van der Waals surface area contributed by atoms with Gasteiger partial charge in [0.15, 0.2) is 0 Å². The lowest BCUT2D eigenvalue weighted by molar-refractivity contribution is -0.133. The summed E-state index contributed by atoms with van der Waals surface area (Å²) in [6.07, 6.45) is 9.57. The zero-order chi connectivity index (χ0) is 15.1. The highest BCUT2D eigenvalue weighted by Crippen LogP contribution is 2.27. The van der Waals surface area contributed by atoms with Gasteiger partial charge in [0.05, 0.1) is 6.61 Å². The summed E-state index contributed by atoms with van der Waals surface area (Å²) in [5, 5.41) is 9.36. The molecule has 1 amide bonds. The number of rotatable bonds is 6. The Hall–Kier alpha value is -0.610. The van der Waals surface area contributed by atoms with E-state index in [-0.39, 0.29) is 12.6 Å². The quantitative estimate of drug-likeness (QED) is 0.817. The summed E-state index contributed by atoms with van der Waals surface area (Å²) in [4.78, 5) is 16.7. The number of carbonyl (C=O) groups is 1. The van der Waals surface area contributed by atoms with E-state index in [1.807, 2.05) is 4.90 Å². The number of aliphatic hydroxyl groups is 1. The van der Waals surface area contributed by atoms with Gasteiger partial charge in [-0.1, -0.05) is 39.0 Å². The van der Waals surface area contributed by atoms with Gasteiger partial charge in [0.1, 0.15) is 0 Å². The van der Waals surface area contributed by atoms with Crippen molar-refractivity contribution >= 4 is 5.91 Å². The summed E-state index contributed by atoms with van der Waals surface area (Å²) in [6, 6.07) is 0.268. The topological polar surface area (TPSA) is 43.8 Å². The molecular weight excluding hydrogens is 264 g/mol. The molecule has 21 heavy (non-hydrogen) atoms. The van der Waals surface area contributed by atoms with Gasteiger partial charge < -0.3 is 10.0 Å². The average Bonchev–Trinajstić information content (AvgIpc) is 2.55. The van der Waals surface area contributed by atoms with Crippen LogP contribution in [-0.2, 0) is 4.79 Å². The Bertz CT molecular complexity index is 304. The van der Waals surface area contributed by atoms with Crippen LogP contribution in [0.25, 0.3) is 0 Å². The third-order valence-electron chi connectivity index (χ3n) is 5.36.